The number of pyridine rings is 1. The first-order valence-corrected chi connectivity index (χ1v) is 4.53. The fourth-order valence-electron chi connectivity index (χ4n) is 0.740. The van der Waals surface area contributed by atoms with Gasteiger partial charge >= 0.3 is 0 Å². The molecule has 0 aliphatic heterocycles. The summed E-state index contributed by atoms with van der Waals surface area (Å²) in [5.74, 6) is 0. The molecule has 0 bridgehead atoms. The summed E-state index contributed by atoms with van der Waals surface area (Å²) in [5.41, 5.74) is 2.11. The zero-order chi connectivity index (χ0) is 7.56. The molecule has 1 unspecified atom stereocenters. The molecule has 1 nitrogen and oxygen atoms in total. The second-order valence-electron chi connectivity index (χ2n) is 2.15. The summed E-state index contributed by atoms with van der Waals surface area (Å²) in [6, 6.07) is 4.01. The molecule has 0 aliphatic rings. The van der Waals surface area contributed by atoms with Gasteiger partial charge in [0, 0.05) is 11.3 Å². The van der Waals surface area contributed by atoms with Gasteiger partial charge in [0.05, 0.1) is 6.16 Å². The van der Waals surface area contributed by atoms with Crippen LogP contribution in [0.25, 0.3) is 0 Å². The van der Waals surface area contributed by atoms with E-state index in [0.29, 0.717) is 5.15 Å². The van der Waals surface area contributed by atoms with E-state index in [1.807, 2.05) is 28.3 Å². The topological polar surface area (TPSA) is 12.9 Å². The normalized spacial score (nSPS) is 10.2. The quantitative estimate of drug-likeness (QED) is 0.470. The van der Waals surface area contributed by atoms with Crippen LogP contribution in [0.15, 0.2) is 12.1 Å². The average Bonchev–Trinajstić information content (AvgIpc) is 1.88. The van der Waals surface area contributed by atoms with E-state index in [-0.39, 0.29) is 0 Å². The zero-order valence-electron chi connectivity index (χ0n) is 5.89. The van der Waals surface area contributed by atoms with Gasteiger partial charge in [-0.15, -0.1) is 0 Å². The molecule has 0 saturated carbocycles. The van der Waals surface area contributed by atoms with Crippen LogP contribution in [0.1, 0.15) is 11.3 Å². The standard InChI is InChI=1S/C7H9ClNP/c1-5-2-3-6(4-10)7(8)9-5/h2-3H,4,10H2,1H3/p+1. The Hall–Kier alpha value is -0.130. The van der Waals surface area contributed by atoms with Crippen molar-refractivity contribution in [1.82, 2.24) is 4.98 Å². The van der Waals surface area contributed by atoms with E-state index in [1.165, 1.54) is 0 Å². The molecule has 0 saturated heterocycles. The van der Waals surface area contributed by atoms with Crippen molar-refractivity contribution in [3.63, 3.8) is 0 Å². The van der Waals surface area contributed by atoms with E-state index >= 15 is 0 Å². The van der Waals surface area contributed by atoms with Gasteiger partial charge in [0.2, 0.25) is 0 Å². The number of aromatic nitrogens is 1. The maximum absolute atomic E-state index is 5.82. The van der Waals surface area contributed by atoms with Crippen LogP contribution in [0.5, 0.6) is 0 Å². The molecule has 0 spiro atoms. The lowest BCUT2D eigenvalue weighted by Gasteiger charge is -1.97. The number of hydrogen-bond donors (Lipinski definition) is 0. The van der Waals surface area contributed by atoms with Crippen molar-refractivity contribution < 1.29 is 0 Å². The van der Waals surface area contributed by atoms with Gasteiger partial charge in [0.1, 0.15) is 5.15 Å². The Morgan fingerprint density at radius 2 is 2.30 bits per heavy atom. The van der Waals surface area contributed by atoms with Gasteiger partial charge in [-0.3, -0.25) is 0 Å². The summed E-state index contributed by atoms with van der Waals surface area (Å²) in [4.78, 5) is 4.11. The number of halogens is 1. The highest BCUT2D eigenvalue weighted by Gasteiger charge is 1.99. The number of nitrogens with zero attached hydrogens (tertiary/aromatic N) is 1. The van der Waals surface area contributed by atoms with Crippen LogP contribution in [-0.2, 0) is 6.16 Å². The average molecular weight is 175 g/mol. The first-order chi connectivity index (χ1) is 4.74. The van der Waals surface area contributed by atoms with Crippen LogP contribution in [-0.4, -0.2) is 4.98 Å². The molecular weight excluding hydrogens is 165 g/mol. The third-order valence-electron chi connectivity index (χ3n) is 1.33. The Morgan fingerprint density at radius 3 is 2.80 bits per heavy atom. The maximum atomic E-state index is 5.82. The minimum absolute atomic E-state index is 0.648. The van der Waals surface area contributed by atoms with Crippen LogP contribution in [0.2, 0.25) is 5.15 Å². The van der Waals surface area contributed by atoms with E-state index in [9.17, 15) is 0 Å². The minimum Gasteiger partial charge on any atom is -0.241 e. The fraction of sp³-hybridized carbons (Fsp3) is 0.286. The molecule has 3 heteroatoms. The smallest absolute Gasteiger partial charge is 0.136 e. The molecule has 1 aromatic rings. The number of aryl methyl sites for hydroxylation is 1. The van der Waals surface area contributed by atoms with Crippen molar-refractivity contribution in [2.24, 2.45) is 0 Å². The molecule has 1 atom stereocenters. The Labute approximate surface area is 68.0 Å². The Morgan fingerprint density at radius 1 is 1.60 bits per heavy atom. The molecule has 0 aromatic carbocycles. The molecule has 0 aliphatic carbocycles. The lowest BCUT2D eigenvalue weighted by Crippen LogP contribution is -1.86. The van der Waals surface area contributed by atoms with Crippen molar-refractivity contribution in [3.8, 4) is 0 Å². The summed E-state index contributed by atoms with van der Waals surface area (Å²) in [6.45, 7) is 1.94. The summed E-state index contributed by atoms with van der Waals surface area (Å²) in [6.07, 6.45) is 0.978. The summed E-state index contributed by atoms with van der Waals surface area (Å²) in [5, 5.41) is 0.648. The van der Waals surface area contributed by atoms with Crippen LogP contribution in [0, 0.1) is 6.92 Å². The van der Waals surface area contributed by atoms with Gasteiger partial charge in [0.25, 0.3) is 0 Å². The molecule has 1 rings (SSSR count). The predicted molar refractivity (Wildman–Crippen MR) is 48.8 cm³/mol. The minimum atomic E-state index is 0.648. The third kappa shape index (κ3) is 1.68. The Kier molecular flexibility index (Phi) is 2.64. The molecule has 0 amide bonds. The van der Waals surface area contributed by atoms with Gasteiger partial charge in [-0.1, -0.05) is 17.7 Å². The lowest BCUT2D eigenvalue weighted by molar-refractivity contribution is 1.16. The fourth-order valence-corrected chi connectivity index (χ4v) is 1.59. The van der Waals surface area contributed by atoms with Crippen LogP contribution in [0.3, 0.4) is 0 Å². The van der Waals surface area contributed by atoms with Gasteiger partial charge in [-0.25, -0.2) is 4.98 Å². The van der Waals surface area contributed by atoms with Crippen molar-refractivity contribution >= 4 is 20.8 Å². The van der Waals surface area contributed by atoms with Crippen molar-refractivity contribution in [3.05, 3.63) is 28.5 Å². The molecule has 0 radical (unpaired) electrons. The van der Waals surface area contributed by atoms with E-state index in [4.69, 9.17) is 11.6 Å². The van der Waals surface area contributed by atoms with E-state index in [0.717, 1.165) is 17.4 Å². The van der Waals surface area contributed by atoms with Crippen LogP contribution < -0.4 is 0 Å². The monoisotopic (exact) mass is 174 g/mol. The summed E-state index contributed by atoms with van der Waals surface area (Å²) < 4.78 is 0. The van der Waals surface area contributed by atoms with Crippen LogP contribution >= 0.6 is 20.8 Å². The second-order valence-corrected chi connectivity index (χ2v) is 3.01. The van der Waals surface area contributed by atoms with E-state index in [2.05, 4.69) is 4.98 Å². The van der Waals surface area contributed by atoms with Gasteiger partial charge in [-0.05, 0) is 22.2 Å². The van der Waals surface area contributed by atoms with Gasteiger partial charge < -0.3 is 0 Å². The van der Waals surface area contributed by atoms with Crippen molar-refractivity contribution in [2.45, 2.75) is 13.1 Å². The van der Waals surface area contributed by atoms with Gasteiger partial charge in [-0.2, -0.15) is 0 Å². The molecule has 10 heavy (non-hydrogen) atoms. The summed E-state index contributed by atoms with van der Waals surface area (Å²) in [7, 11) is 1.88. The Bertz CT molecular complexity index is 237. The molecule has 0 N–H and O–H groups in total. The van der Waals surface area contributed by atoms with Crippen molar-refractivity contribution in [1.29, 1.82) is 0 Å². The molecule has 1 aromatic heterocycles. The zero-order valence-corrected chi connectivity index (χ0v) is 8.06. The summed E-state index contributed by atoms with van der Waals surface area (Å²) >= 11 is 5.82. The van der Waals surface area contributed by atoms with Gasteiger partial charge in [0.15, 0.2) is 0 Å². The highest BCUT2D eigenvalue weighted by molar-refractivity contribution is 7.15. The third-order valence-corrected chi connectivity index (χ3v) is 2.20. The van der Waals surface area contributed by atoms with Crippen LogP contribution in [0.4, 0.5) is 0 Å². The molecule has 1 heterocycles. The van der Waals surface area contributed by atoms with E-state index < -0.39 is 0 Å². The number of rotatable bonds is 1. The maximum Gasteiger partial charge on any atom is 0.136 e. The van der Waals surface area contributed by atoms with E-state index in [1.54, 1.807) is 0 Å². The second kappa shape index (κ2) is 3.32. The first kappa shape index (κ1) is 7.97. The Balaban J connectivity index is 3.07. The molecule has 54 valence electrons. The predicted octanol–water partition coefficient (Wildman–Crippen LogP) is 2.15. The molecule has 0 fully saturated rings. The largest absolute Gasteiger partial charge is 0.241 e. The highest BCUT2D eigenvalue weighted by Crippen LogP contribution is 2.15. The van der Waals surface area contributed by atoms with Crippen molar-refractivity contribution in [2.75, 3.05) is 0 Å². The molecular formula is C7H10ClNP+. The SMILES string of the molecule is Cc1ccc(C[PH3+])c(Cl)n1. The number of hydrogen-bond acceptors (Lipinski definition) is 1. The lowest BCUT2D eigenvalue weighted by atomic mass is 10.3. The first-order valence-electron chi connectivity index (χ1n) is 3.15. The highest BCUT2D eigenvalue weighted by atomic mass is 35.5.